The minimum atomic E-state index is -0.849. The highest BCUT2D eigenvalue weighted by atomic mass is 16.4. The standard InChI is InChI=1S/C14H19N3O4/c1-9(8-13(19)20)10-2-4-11(5-3-10)17-14(21)16-7-6-12(15)18/h2-5,9H,6-8H2,1H3,(H2,15,18)(H,19,20)(H2,16,17,21). The summed E-state index contributed by atoms with van der Waals surface area (Å²) in [6, 6.07) is 6.50. The van der Waals surface area contributed by atoms with E-state index in [0.717, 1.165) is 5.56 Å². The van der Waals surface area contributed by atoms with Gasteiger partial charge in [0.05, 0.1) is 6.42 Å². The molecule has 3 amide bonds. The summed E-state index contributed by atoms with van der Waals surface area (Å²) in [7, 11) is 0. The van der Waals surface area contributed by atoms with Crippen molar-refractivity contribution in [3.05, 3.63) is 29.8 Å². The normalized spacial score (nSPS) is 11.5. The molecule has 0 bridgehead atoms. The van der Waals surface area contributed by atoms with E-state index < -0.39 is 17.9 Å². The summed E-state index contributed by atoms with van der Waals surface area (Å²) in [6.07, 6.45) is 0.138. The number of carbonyl (C=O) groups is 3. The number of benzene rings is 1. The van der Waals surface area contributed by atoms with Crippen LogP contribution >= 0.6 is 0 Å². The fraction of sp³-hybridized carbons (Fsp3) is 0.357. The van der Waals surface area contributed by atoms with Gasteiger partial charge < -0.3 is 21.5 Å². The fourth-order valence-corrected chi connectivity index (χ4v) is 1.75. The average Bonchev–Trinajstić information content (AvgIpc) is 2.38. The van der Waals surface area contributed by atoms with Crippen LogP contribution in [0.4, 0.5) is 10.5 Å². The summed E-state index contributed by atoms with van der Waals surface area (Å²) in [4.78, 5) is 32.7. The third-order valence-corrected chi connectivity index (χ3v) is 2.88. The van der Waals surface area contributed by atoms with E-state index in [2.05, 4.69) is 10.6 Å². The number of hydrogen-bond acceptors (Lipinski definition) is 3. The van der Waals surface area contributed by atoms with Gasteiger partial charge in [-0.05, 0) is 23.6 Å². The van der Waals surface area contributed by atoms with Gasteiger partial charge in [-0.15, -0.1) is 0 Å². The number of primary amides is 1. The Labute approximate surface area is 122 Å². The lowest BCUT2D eigenvalue weighted by atomic mass is 9.98. The Balaban J connectivity index is 2.48. The molecule has 1 aromatic rings. The van der Waals surface area contributed by atoms with Crippen LogP contribution in [0.25, 0.3) is 0 Å². The molecule has 0 spiro atoms. The number of hydrogen-bond donors (Lipinski definition) is 4. The van der Waals surface area contributed by atoms with Gasteiger partial charge in [-0.1, -0.05) is 19.1 Å². The maximum Gasteiger partial charge on any atom is 0.319 e. The molecule has 0 heterocycles. The average molecular weight is 293 g/mol. The Morgan fingerprint density at radius 2 is 1.86 bits per heavy atom. The van der Waals surface area contributed by atoms with Crippen LogP contribution in [-0.4, -0.2) is 29.6 Å². The van der Waals surface area contributed by atoms with Crippen LogP contribution in [0.3, 0.4) is 0 Å². The van der Waals surface area contributed by atoms with Crippen molar-refractivity contribution in [2.75, 3.05) is 11.9 Å². The van der Waals surface area contributed by atoms with Crippen LogP contribution in [0.2, 0.25) is 0 Å². The van der Waals surface area contributed by atoms with E-state index in [1.807, 2.05) is 6.92 Å². The molecule has 0 saturated heterocycles. The molecular weight excluding hydrogens is 274 g/mol. The van der Waals surface area contributed by atoms with Gasteiger partial charge in [-0.2, -0.15) is 0 Å². The van der Waals surface area contributed by atoms with Gasteiger partial charge in [-0.3, -0.25) is 9.59 Å². The molecule has 0 aliphatic carbocycles. The third-order valence-electron chi connectivity index (χ3n) is 2.88. The number of carboxylic acids is 1. The first-order chi connectivity index (χ1) is 9.88. The van der Waals surface area contributed by atoms with Gasteiger partial charge in [0.15, 0.2) is 0 Å². The Morgan fingerprint density at radius 1 is 1.24 bits per heavy atom. The molecule has 7 heteroatoms. The van der Waals surface area contributed by atoms with Crippen LogP contribution in [0.1, 0.15) is 31.2 Å². The number of amides is 3. The Hall–Kier alpha value is -2.57. The zero-order chi connectivity index (χ0) is 15.8. The molecule has 1 atom stereocenters. The van der Waals surface area contributed by atoms with Crippen molar-refractivity contribution in [2.45, 2.75) is 25.7 Å². The highest BCUT2D eigenvalue weighted by Gasteiger charge is 2.10. The number of urea groups is 1. The topological polar surface area (TPSA) is 122 Å². The summed E-state index contributed by atoms with van der Waals surface area (Å²) in [5, 5.41) is 13.8. The zero-order valence-electron chi connectivity index (χ0n) is 11.8. The van der Waals surface area contributed by atoms with Crippen LogP contribution in [-0.2, 0) is 9.59 Å². The summed E-state index contributed by atoms with van der Waals surface area (Å²) < 4.78 is 0. The SMILES string of the molecule is CC(CC(=O)O)c1ccc(NC(=O)NCCC(N)=O)cc1. The largest absolute Gasteiger partial charge is 0.481 e. The second-order valence-electron chi connectivity index (χ2n) is 4.72. The second-order valence-corrected chi connectivity index (χ2v) is 4.72. The van der Waals surface area contributed by atoms with Gasteiger partial charge in [-0.25, -0.2) is 4.79 Å². The third kappa shape index (κ3) is 6.42. The van der Waals surface area contributed by atoms with Crippen molar-refractivity contribution in [1.29, 1.82) is 0 Å². The molecule has 1 rings (SSSR count). The van der Waals surface area contributed by atoms with Crippen molar-refractivity contribution in [1.82, 2.24) is 5.32 Å². The van der Waals surface area contributed by atoms with Crippen molar-refractivity contribution >= 4 is 23.6 Å². The molecule has 0 aliphatic rings. The molecule has 0 fully saturated rings. The molecule has 114 valence electrons. The summed E-state index contributed by atoms with van der Waals surface area (Å²) in [5.41, 5.74) is 6.43. The zero-order valence-corrected chi connectivity index (χ0v) is 11.8. The van der Waals surface area contributed by atoms with Crippen LogP contribution in [0.15, 0.2) is 24.3 Å². The fourth-order valence-electron chi connectivity index (χ4n) is 1.75. The Kier molecular flexibility index (Phi) is 6.19. The van der Waals surface area contributed by atoms with Crippen molar-refractivity contribution in [2.24, 2.45) is 5.73 Å². The van der Waals surface area contributed by atoms with E-state index in [1.165, 1.54) is 0 Å². The molecule has 0 aliphatic heterocycles. The Morgan fingerprint density at radius 3 is 2.38 bits per heavy atom. The molecule has 5 N–H and O–H groups in total. The predicted molar refractivity (Wildman–Crippen MR) is 77.9 cm³/mol. The van der Waals surface area contributed by atoms with E-state index in [4.69, 9.17) is 10.8 Å². The van der Waals surface area contributed by atoms with E-state index in [1.54, 1.807) is 24.3 Å². The van der Waals surface area contributed by atoms with Crippen molar-refractivity contribution in [3.8, 4) is 0 Å². The number of nitrogens with one attached hydrogen (secondary N) is 2. The van der Waals surface area contributed by atoms with E-state index >= 15 is 0 Å². The Bertz CT molecular complexity index is 513. The quantitative estimate of drug-likeness (QED) is 0.604. The monoisotopic (exact) mass is 293 g/mol. The van der Waals surface area contributed by atoms with Crippen molar-refractivity contribution < 1.29 is 19.5 Å². The molecule has 0 aromatic heterocycles. The maximum atomic E-state index is 11.5. The number of rotatable bonds is 7. The minimum Gasteiger partial charge on any atom is -0.481 e. The molecule has 0 saturated carbocycles. The highest BCUT2D eigenvalue weighted by Crippen LogP contribution is 2.20. The van der Waals surface area contributed by atoms with E-state index in [0.29, 0.717) is 5.69 Å². The van der Waals surface area contributed by atoms with Crippen molar-refractivity contribution in [3.63, 3.8) is 0 Å². The first kappa shape index (κ1) is 16.5. The molecule has 1 aromatic carbocycles. The van der Waals surface area contributed by atoms with Crippen LogP contribution < -0.4 is 16.4 Å². The minimum absolute atomic E-state index is 0.0559. The number of anilines is 1. The lowest BCUT2D eigenvalue weighted by Crippen LogP contribution is -2.31. The predicted octanol–water partition coefficient (Wildman–Crippen LogP) is 1.26. The van der Waals surface area contributed by atoms with Gasteiger partial charge in [0.1, 0.15) is 0 Å². The summed E-state index contributed by atoms with van der Waals surface area (Å²) >= 11 is 0. The maximum absolute atomic E-state index is 11.5. The molecule has 1 unspecified atom stereocenters. The second kappa shape index (κ2) is 7.88. The van der Waals surface area contributed by atoms with E-state index in [-0.39, 0.29) is 25.3 Å². The molecular formula is C14H19N3O4. The molecule has 21 heavy (non-hydrogen) atoms. The number of aliphatic carboxylic acids is 1. The molecule has 0 radical (unpaired) electrons. The highest BCUT2D eigenvalue weighted by molar-refractivity contribution is 5.89. The van der Waals surface area contributed by atoms with Gasteiger partial charge in [0.2, 0.25) is 5.91 Å². The lowest BCUT2D eigenvalue weighted by molar-refractivity contribution is -0.137. The number of carboxylic acid groups (broad SMARTS) is 1. The smallest absolute Gasteiger partial charge is 0.319 e. The summed E-state index contributed by atoms with van der Waals surface area (Å²) in [6.45, 7) is 2.00. The number of carbonyl (C=O) groups excluding carboxylic acids is 2. The molecule has 7 nitrogen and oxygen atoms in total. The lowest BCUT2D eigenvalue weighted by Gasteiger charge is -2.11. The first-order valence-electron chi connectivity index (χ1n) is 6.53. The van der Waals surface area contributed by atoms with Gasteiger partial charge >= 0.3 is 12.0 Å². The van der Waals surface area contributed by atoms with Crippen LogP contribution in [0, 0.1) is 0 Å². The summed E-state index contributed by atoms with van der Waals surface area (Å²) in [5.74, 6) is -1.42. The van der Waals surface area contributed by atoms with Gasteiger partial charge in [0, 0.05) is 18.7 Å². The van der Waals surface area contributed by atoms with E-state index in [9.17, 15) is 14.4 Å². The van der Waals surface area contributed by atoms with Gasteiger partial charge in [0.25, 0.3) is 0 Å². The number of nitrogens with two attached hydrogens (primary N) is 1. The van der Waals surface area contributed by atoms with Crippen LogP contribution in [0.5, 0.6) is 0 Å². The first-order valence-corrected chi connectivity index (χ1v) is 6.53.